The number of aliphatic carboxylic acids is 1. The van der Waals surface area contributed by atoms with E-state index < -0.39 is 12.0 Å². The number of carbonyl (C=O) groups excluding carboxylic acids is 1. The van der Waals surface area contributed by atoms with Crippen molar-refractivity contribution in [2.45, 2.75) is 17.8 Å². The molecule has 0 aliphatic carbocycles. The van der Waals surface area contributed by atoms with E-state index in [1.54, 1.807) is 6.08 Å². The van der Waals surface area contributed by atoms with Gasteiger partial charge in [-0.3, -0.25) is 4.79 Å². The van der Waals surface area contributed by atoms with Crippen molar-refractivity contribution in [1.82, 2.24) is 4.90 Å². The van der Waals surface area contributed by atoms with Gasteiger partial charge >= 0.3 is 5.97 Å². The van der Waals surface area contributed by atoms with Gasteiger partial charge in [-0.15, -0.1) is 11.8 Å². The summed E-state index contributed by atoms with van der Waals surface area (Å²) in [6.07, 6.45) is 2.22. The lowest BCUT2D eigenvalue weighted by atomic mass is 10.1. The monoisotopic (exact) mass is 290 g/mol. The summed E-state index contributed by atoms with van der Waals surface area (Å²) in [5.74, 6) is -0.546. The van der Waals surface area contributed by atoms with Gasteiger partial charge in [0, 0.05) is 10.7 Å². The van der Waals surface area contributed by atoms with Crippen LogP contribution < -0.4 is 5.73 Å². The van der Waals surface area contributed by atoms with Crippen LogP contribution in [-0.4, -0.2) is 43.4 Å². The summed E-state index contributed by atoms with van der Waals surface area (Å²) < 4.78 is 0.330. The molecule has 0 aromatic rings. The number of rotatable bonds is 3. The summed E-state index contributed by atoms with van der Waals surface area (Å²) in [5, 5.41) is 9.12. The topological polar surface area (TPSA) is 83.6 Å². The Bertz CT molecular complexity index is 424. The highest BCUT2D eigenvalue weighted by Crippen LogP contribution is 2.46. The largest absolute Gasteiger partial charge is 0.479 e. The number of nitrogens with zero attached hydrogens (tertiary/aromatic N) is 1. The number of nitrogens with two attached hydrogens (primary N) is 1. The lowest BCUT2D eigenvalue weighted by Crippen LogP contribution is -2.53. The van der Waals surface area contributed by atoms with Gasteiger partial charge < -0.3 is 15.7 Å². The van der Waals surface area contributed by atoms with Gasteiger partial charge in [-0.1, -0.05) is 30.1 Å². The molecule has 0 spiro atoms. The molecule has 2 saturated heterocycles. The van der Waals surface area contributed by atoms with Crippen molar-refractivity contribution in [2.24, 2.45) is 5.73 Å². The highest BCUT2D eigenvalue weighted by Gasteiger charge is 2.52. The average Bonchev–Trinajstić information content (AvgIpc) is 2.50. The van der Waals surface area contributed by atoms with Crippen molar-refractivity contribution in [3.8, 4) is 0 Å². The van der Waals surface area contributed by atoms with E-state index in [0.717, 1.165) is 0 Å². The van der Waals surface area contributed by atoms with Gasteiger partial charge in [0.2, 0.25) is 5.91 Å². The lowest BCUT2D eigenvalue weighted by Gasteiger charge is -2.35. The van der Waals surface area contributed by atoms with Crippen molar-refractivity contribution in [3.63, 3.8) is 0 Å². The SMILES string of the molecule is NC(=S)SC/C=C1\SC2CC(=O)N2C1C(=O)O. The molecule has 2 rings (SSSR count). The Balaban J connectivity index is 2.09. The van der Waals surface area contributed by atoms with Crippen LogP contribution in [0.1, 0.15) is 6.42 Å². The molecule has 0 saturated carbocycles. The predicted molar refractivity (Wildman–Crippen MR) is 71.6 cm³/mol. The van der Waals surface area contributed by atoms with Crippen LogP contribution in [0, 0.1) is 0 Å². The molecule has 0 bridgehead atoms. The van der Waals surface area contributed by atoms with E-state index in [0.29, 0.717) is 21.4 Å². The fraction of sp³-hybridized carbons (Fsp3) is 0.444. The molecule has 5 nitrogen and oxygen atoms in total. The van der Waals surface area contributed by atoms with Crippen molar-refractivity contribution in [2.75, 3.05) is 5.75 Å². The smallest absolute Gasteiger partial charge is 0.331 e. The van der Waals surface area contributed by atoms with Gasteiger partial charge in [-0.25, -0.2) is 4.79 Å². The van der Waals surface area contributed by atoms with Crippen LogP contribution in [0.4, 0.5) is 0 Å². The fourth-order valence-corrected chi connectivity index (χ4v) is 3.93. The highest BCUT2D eigenvalue weighted by atomic mass is 32.2. The van der Waals surface area contributed by atoms with Crippen molar-refractivity contribution < 1.29 is 14.7 Å². The Morgan fingerprint density at radius 1 is 1.76 bits per heavy atom. The van der Waals surface area contributed by atoms with E-state index >= 15 is 0 Å². The van der Waals surface area contributed by atoms with E-state index in [1.165, 1.54) is 28.4 Å². The van der Waals surface area contributed by atoms with E-state index in [9.17, 15) is 9.59 Å². The number of carboxylic acids is 1. The average molecular weight is 290 g/mol. The molecule has 3 N–H and O–H groups in total. The lowest BCUT2D eigenvalue weighted by molar-refractivity contribution is -0.154. The van der Waals surface area contributed by atoms with Crippen LogP contribution in [0.25, 0.3) is 0 Å². The molecular formula is C9H10N2O3S3. The Morgan fingerprint density at radius 3 is 3.00 bits per heavy atom. The third-order valence-electron chi connectivity index (χ3n) is 2.51. The number of hydrogen-bond acceptors (Lipinski definition) is 5. The van der Waals surface area contributed by atoms with Crippen LogP contribution in [0.2, 0.25) is 0 Å². The van der Waals surface area contributed by atoms with Crippen molar-refractivity contribution in [1.29, 1.82) is 0 Å². The van der Waals surface area contributed by atoms with Crippen LogP contribution in [0.15, 0.2) is 11.0 Å². The number of thiocarbonyl (C=S) groups is 1. The molecule has 8 heteroatoms. The highest BCUT2D eigenvalue weighted by molar-refractivity contribution is 8.23. The zero-order valence-corrected chi connectivity index (χ0v) is 11.1. The Kier molecular flexibility index (Phi) is 3.64. The van der Waals surface area contributed by atoms with Gasteiger partial charge in [0.05, 0.1) is 11.8 Å². The minimum atomic E-state index is -0.986. The molecule has 2 fully saturated rings. The molecule has 2 heterocycles. The first-order chi connectivity index (χ1) is 8.00. The van der Waals surface area contributed by atoms with Crippen LogP contribution in [-0.2, 0) is 9.59 Å². The summed E-state index contributed by atoms with van der Waals surface area (Å²) in [6, 6.07) is -0.821. The second kappa shape index (κ2) is 4.87. The number of thioether (sulfide) groups is 2. The maximum Gasteiger partial charge on any atom is 0.331 e. The number of fused-ring (bicyclic) bond motifs is 1. The fourth-order valence-electron chi connectivity index (χ4n) is 1.77. The zero-order chi connectivity index (χ0) is 12.6. The zero-order valence-electron chi connectivity index (χ0n) is 8.66. The normalized spacial score (nSPS) is 29.1. The van der Waals surface area contributed by atoms with Crippen LogP contribution in [0.5, 0.6) is 0 Å². The predicted octanol–water partition coefficient (Wildman–Crippen LogP) is 0.606. The van der Waals surface area contributed by atoms with Gasteiger partial charge in [0.25, 0.3) is 0 Å². The Labute approximate surface area is 112 Å². The summed E-state index contributed by atoms with van der Waals surface area (Å²) >= 11 is 7.44. The summed E-state index contributed by atoms with van der Waals surface area (Å²) in [5.41, 5.74) is 5.34. The standard InChI is InChI=1S/C9H10N2O3S3/c10-9(15)16-2-1-4-7(8(13)14)11-5(12)3-6(11)17-4/h1,6-7H,2-3H2,(H2,10,15)(H,13,14)/b4-1-. The number of carboxylic acid groups (broad SMARTS) is 1. The number of amides is 1. The third-order valence-corrected chi connectivity index (χ3v) is 4.81. The minimum Gasteiger partial charge on any atom is -0.479 e. The second-order valence-electron chi connectivity index (χ2n) is 3.55. The molecule has 17 heavy (non-hydrogen) atoms. The van der Waals surface area contributed by atoms with Gasteiger partial charge in [0.15, 0.2) is 6.04 Å². The van der Waals surface area contributed by atoms with Gasteiger partial charge in [-0.2, -0.15) is 0 Å². The van der Waals surface area contributed by atoms with Crippen LogP contribution in [0.3, 0.4) is 0 Å². The number of carbonyl (C=O) groups is 2. The molecule has 2 aliphatic rings. The van der Waals surface area contributed by atoms with E-state index in [4.69, 9.17) is 23.1 Å². The summed E-state index contributed by atoms with van der Waals surface area (Å²) in [7, 11) is 0. The molecule has 1 amide bonds. The second-order valence-corrected chi connectivity index (χ2v) is 6.57. The number of β-lactam (4-membered cyclic amide) rings is 1. The van der Waals surface area contributed by atoms with Crippen molar-refractivity contribution >= 4 is 51.9 Å². The van der Waals surface area contributed by atoms with Gasteiger partial charge in [-0.05, 0) is 0 Å². The summed E-state index contributed by atoms with van der Waals surface area (Å²) in [6.45, 7) is 0. The molecule has 2 aliphatic heterocycles. The molecule has 0 radical (unpaired) electrons. The first kappa shape index (κ1) is 12.7. The van der Waals surface area contributed by atoms with E-state index in [2.05, 4.69) is 0 Å². The maximum absolute atomic E-state index is 11.3. The maximum atomic E-state index is 11.3. The quantitative estimate of drug-likeness (QED) is 0.582. The Morgan fingerprint density at radius 2 is 2.47 bits per heavy atom. The van der Waals surface area contributed by atoms with Crippen LogP contribution >= 0.6 is 35.7 Å². The number of hydrogen-bond donors (Lipinski definition) is 2. The first-order valence-corrected chi connectivity index (χ1v) is 7.11. The summed E-state index contributed by atoms with van der Waals surface area (Å²) in [4.78, 5) is 24.6. The van der Waals surface area contributed by atoms with Gasteiger partial charge in [0.1, 0.15) is 4.32 Å². The molecule has 0 aromatic carbocycles. The minimum absolute atomic E-state index is 0.00956. The molecule has 92 valence electrons. The molecular weight excluding hydrogens is 280 g/mol. The van der Waals surface area contributed by atoms with Crippen molar-refractivity contribution in [3.05, 3.63) is 11.0 Å². The third kappa shape index (κ3) is 2.43. The van der Waals surface area contributed by atoms with E-state index in [-0.39, 0.29) is 11.3 Å². The first-order valence-electron chi connectivity index (χ1n) is 4.83. The Hall–Kier alpha value is -0.730. The molecule has 2 atom stereocenters. The molecule has 2 unspecified atom stereocenters. The van der Waals surface area contributed by atoms with E-state index in [1.807, 2.05) is 0 Å². The molecule has 0 aromatic heterocycles.